The van der Waals surface area contributed by atoms with Gasteiger partial charge in [-0.25, -0.2) is 0 Å². The molecule has 3 heteroatoms. The van der Waals surface area contributed by atoms with Gasteiger partial charge in [0, 0.05) is 6.04 Å². The largest absolute Gasteiger partial charge is 0.395 e. The summed E-state index contributed by atoms with van der Waals surface area (Å²) in [6, 6.07) is -0.113. The van der Waals surface area contributed by atoms with Crippen molar-refractivity contribution in [3.05, 3.63) is 12.7 Å². The average molecular weight is 138 g/mol. The van der Waals surface area contributed by atoms with E-state index in [4.69, 9.17) is 10.8 Å². The third-order valence-electron chi connectivity index (χ3n) is 0.704. The summed E-state index contributed by atoms with van der Waals surface area (Å²) >= 11 is 0. The van der Waals surface area contributed by atoms with Crippen LogP contribution in [0.2, 0.25) is 0 Å². The van der Waals surface area contributed by atoms with E-state index in [0.29, 0.717) is 6.42 Å². The molecule has 0 saturated heterocycles. The Labute approximate surface area is 55.8 Å². The summed E-state index contributed by atoms with van der Waals surface area (Å²) in [5.41, 5.74) is 5.26. The minimum atomic E-state index is -0.113. The monoisotopic (exact) mass is 137 g/mol. The van der Waals surface area contributed by atoms with Crippen molar-refractivity contribution in [2.45, 2.75) is 12.5 Å². The summed E-state index contributed by atoms with van der Waals surface area (Å²) < 4.78 is 0. The van der Waals surface area contributed by atoms with E-state index in [1.54, 1.807) is 6.08 Å². The molecule has 0 heterocycles. The number of hydrogen-bond acceptors (Lipinski definition) is 2. The van der Waals surface area contributed by atoms with Gasteiger partial charge in [0.1, 0.15) is 0 Å². The summed E-state index contributed by atoms with van der Waals surface area (Å²) in [5.74, 6) is 0. The van der Waals surface area contributed by atoms with Crippen molar-refractivity contribution in [2.24, 2.45) is 5.73 Å². The fourth-order valence-corrected chi connectivity index (χ4v) is 0.289. The summed E-state index contributed by atoms with van der Waals surface area (Å²) in [4.78, 5) is 0. The van der Waals surface area contributed by atoms with Gasteiger partial charge in [0.05, 0.1) is 6.61 Å². The van der Waals surface area contributed by atoms with E-state index in [1.165, 1.54) is 0 Å². The number of halogens is 1. The molecule has 0 amide bonds. The smallest absolute Gasteiger partial charge is 0.0585 e. The van der Waals surface area contributed by atoms with Crippen LogP contribution in [0.3, 0.4) is 0 Å². The van der Waals surface area contributed by atoms with E-state index in [2.05, 4.69) is 6.58 Å². The molecule has 0 spiro atoms. The summed E-state index contributed by atoms with van der Waals surface area (Å²) in [7, 11) is 0. The molecule has 2 nitrogen and oxygen atoms in total. The Hall–Kier alpha value is -0.0500. The normalized spacial score (nSPS) is 11.8. The molecule has 0 aromatic carbocycles. The lowest BCUT2D eigenvalue weighted by molar-refractivity contribution is 0.266. The maximum atomic E-state index is 8.29. The Bertz CT molecular complexity index is 58.4. The zero-order valence-corrected chi connectivity index (χ0v) is 5.53. The van der Waals surface area contributed by atoms with Crippen LogP contribution in [-0.2, 0) is 0 Å². The second-order valence-electron chi connectivity index (χ2n) is 1.47. The van der Waals surface area contributed by atoms with Gasteiger partial charge in [0.15, 0.2) is 0 Å². The molecule has 0 aromatic heterocycles. The van der Waals surface area contributed by atoms with Gasteiger partial charge in [-0.15, -0.1) is 19.0 Å². The van der Waals surface area contributed by atoms with Crippen LogP contribution in [0.4, 0.5) is 0 Å². The van der Waals surface area contributed by atoms with E-state index in [-0.39, 0.29) is 25.1 Å². The van der Waals surface area contributed by atoms with Crippen LogP contribution >= 0.6 is 12.4 Å². The van der Waals surface area contributed by atoms with Gasteiger partial charge in [0.2, 0.25) is 0 Å². The predicted molar refractivity (Wildman–Crippen MR) is 37.1 cm³/mol. The molecule has 0 aromatic rings. The first kappa shape index (κ1) is 10.8. The van der Waals surface area contributed by atoms with Gasteiger partial charge in [-0.3, -0.25) is 0 Å². The van der Waals surface area contributed by atoms with E-state index in [1.807, 2.05) is 0 Å². The molecule has 3 N–H and O–H groups in total. The summed E-state index contributed by atoms with van der Waals surface area (Å²) in [6.07, 6.45) is 2.39. The third-order valence-corrected chi connectivity index (χ3v) is 0.704. The quantitative estimate of drug-likeness (QED) is 0.550. The minimum Gasteiger partial charge on any atom is -0.395 e. The maximum absolute atomic E-state index is 8.29. The van der Waals surface area contributed by atoms with Crippen molar-refractivity contribution in [3.8, 4) is 0 Å². The Kier molecular flexibility index (Phi) is 9.42. The summed E-state index contributed by atoms with van der Waals surface area (Å²) in [5, 5.41) is 8.29. The van der Waals surface area contributed by atoms with Crippen LogP contribution in [0.5, 0.6) is 0 Å². The molecule has 0 aliphatic carbocycles. The first-order valence-electron chi connectivity index (χ1n) is 2.28. The lowest BCUT2D eigenvalue weighted by Gasteiger charge is -2.00. The van der Waals surface area contributed by atoms with E-state index >= 15 is 0 Å². The second-order valence-corrected chi connectivity index (χ2v) is 1.47. The van der Waals surface area contributed by atoms with Crippen LogP contribution < -0.4 is 5.73 Å². The van der Waals surface area contributed by atoms with Gasteiger partial charge in [-0.1, -0.05) is 6.08 Å². The Morgan fingerprint density at radius 2 is 2.25 bits per heavy atom. The first-order valence-corrected chi connectivity index (χ1v) is 2.28. The standard InChI is InChI=1S/C5H11NO.ClH/c1-2-3-5(6)4-7;/h2,5,7H,1,3-4,6H2;1H/t5-;/m1./s1. The molecular formula is C5H12ClNO. The zero-order valence-electron chi connectivity index (χ0n) is 4.71. The van der Waals surface area contributed by atoms with Crippen LogP contribution in [0, 0.1) is 0 Å². The average Bonchev–Trinajstić information content (AvgIpc) is 1.68. The number of rotatable bonds is 3. The number of aliphatic hydroxyl groups excluding tert-OH is 1. The SMILES string of the molecule is C=CC[C@@H](N)CO.Cl. The van der Waals surface area contributed by atoms with Crippen LogP contribution in [0.25, 0.3) is 0 Å². The molecule has 0 radical (unpaired) electrons. The highest BCUT2D eigenvalue weighted by molar-refractivity contribution is 5.85. The topological polar surface area (TPSA) is 46.2 Å². The van der Waals surface area contributed by atoms with Crippen LogP contribution in [0.15, 0.2) is 12.7 Å². The van der Waals surface area contributed by atoms with Gasteiger partial charge in [-0.2, -0.15) is 0 Å². The predicted octanol–water partition coefficient (Wildman–Crippen LogP) is 0.304. The van der Waals surface area contributed by atoms with Crippen LogP contribution in [-0.4, -0.2) is 17.8 Å². The fourth-order valence-electron chi connectivity index (χ4n) is 0.289. The lowest BCUT2D eigenvalue weighted by Crippen LogP contribution is -2.22. The highest BCUT2D eigenvalue weighted by atomic mass is 35.5. The molecule has 50 valence electrons. The minimum absolute atomic E-state index is 0. The first-order chi connectivity index (χ1) is 3.31. The van der Waals surface area contributed by atoms with Gasteiger partial charge in [0.25, 0.3) is 0 Å². The molecule has 0 fully saturated rings. The second kappa shape index (κ2) is 6.95. The van der Waals surface area contributed by atoms with Crippen molar-refractivity contribution in [1.82, 2.24) is 0 Å². The molecule has 0 saturated carbocycles. The number of hydrogen-bond donors (Lipinski definition) is 2. The molecule has 0 bridgehead atoms. The summed E-state index contributed by atoms with van der Waals surface area (Å²) in [6.45, 7) is 3.51. The highest BCUT2D eigenvalue weighted by Gasteiger charge is 1.92. The van der Waals surface area contributed by atoms with Crippen molar-refractivity contribution in [1.29, 1.82) is 0 Å². The van der Waals surface area contributed by atoms with E-state index in [0.717, 1.165) is 0 Å². The molecule has 0 aliphatic heterocycles. The zero-order chi connectivity index (χ0) is 5.70. The van der Waals surface area contributed by atoms with Gasteiger partial charge < -0.3 is 10.8 Å². The Morgan fingerprint density at radius 1 is 1.75 bits per heavy atom. The number of aliphatic hydroxyl groups is 1. The molecule has 1 atom stereocenters. The van der Waals surface area contributed by atoms with Gasteiger partial charge in [-0.05, 0) is 6.42 Å². The molecule has 8 heavy (non-hydrogen) atoms. The molecule has 0 rings (SSSR count). The Balaban J connectivity index is 0. The lowest BCUT2D eigenvalue weighted by atomic mass is 10.2. The van der Waals surface area contributed by atoms with Crippen molar-refractivity contribution in [2.75, 3.05) is 6.61 Å². The molecule has 0 unspecified atom stereocenters. The van der Waals surface area contributed by atoms with Crippen molar-refractivity contribution in [3.63, 3.8) is 0 Å². The maximum Gasteiger partial charge on any atom is 0.0585 e. The van der Waals surface area contributed by atoms with E-state index < -0.39 is 0 Å². The molecular weight excluding hydrogens is 126 g/mol. The van der Waals surface area contributed by atoms with E-state index in [9.17, 15) is 0 Å². The molecule has 0 aliphatic rings. The van der Waals surface area contributed by atoms with Crippen LogP contribution in [0.1, 0.15) is 6.42 Å². The highest BCUT2D eigenvalue weighted by Crippen LogP contribution is 1.83. The third kappa shape index (κ3) is 5.95. The van der Waals surface area contributed by atoms with Crippen molar-refractivity contribution >= 4 is 12.4 Å². The number of nitrogens with two attached hydrogens (primary N) is 1. The fraction of sp³-hybridized carbons (Fsp3) is 0.600. The Morgan fingerprint density at radius 3 is 2.38 bits per heavy atom. The van der Waals surface area contributed by atoms with Crippen molar-refractivity contribution < 1.29 is 5.11 Å². The van der Waals surface area contributed by atoms with Gasteiger partial charge >= 0.3 is 0 Å².